The van der Waals surface area contributed by atoms with Crippen LogP contribution in [-0.2, 0) is 23.2 Å². The Kier molecular flexibility index (Phi) is 7.39. The van der Waals surface area contributed by atoms with Gasteiger partial charge in [0.1, 0.15) is 12.4 Å². The number of urea groups is 1. The van der Waals surface area contributed by atoms with E-state index in [1.165, 1.54) is 12.1 Å². The van der Waals surface area contributed by atoms with Crippen molar-refractivity contribution in [3.05, 3.63) is 108 Å². The van der Waals surface area contributed by atoms with Crippen molar-refractivity contribution < 1.29 is 17.9 Å². The summed E-state index contributed by atoms with van der Waals surface area (Å²) in [5, 5.41) is 10.8. The van der Waals surface area contributed by atoms with Crippen LogP contribution in [0, 0.1) is 0 Å². The van der Waals surface area contributed by atoms with Crippen LogP contribution < -0.4 is 20.5 Å². The summed E-state index contributed by atoms with van der Waals surface area (Å²) < 4.78 is 29.0. The van der Waals surface area contributed by atoms with E-state index in [0.717, 1.165) is 22.3 Å². The van der Waals surface area contributed by atoms with Crippen LogP contribution in [0.1, 0.15) is 11.1 Å². The maximum Gasteiger partial charge on any atom is 0.319 e. The van der Waals surface area contributed by atoms with Gasteiger partial charge in [0.05, 0.1) is 4.90 Å². The van der Waals surface area contributed by atoms with Crippen molar-refractivity contribution in [2.24, 2.45) is 5.14 Å². The lowest BCUT2D eigenvalue weighted by molar-refractivity contribution is 0.251. The molecule has 35 heavy (non-hydrogen) atoms. The maximum atomic E-state index is 12.1. The van der Waals surface area contributed by atoms with Gasteiger partial charge in [-0.2, -0.15) is 0 Å². The molecule has 0 atom stereocenters. The van der Waals surface area contributed by atoms with E-state index in [2.05, 4.69) is 15.6 Å². The van der Waals surface area contributed by atoms with Crippen LogP contribution in [0.3, 0.4) is 0 Å². The Morgan fingerprint density at radius 1 is 0.886 bits per heavy atom. The summed E-state index contributed by atoms with van der Waals surface area (Å²) >= 11 is 0. The molecule has 1 heterocycles. The Hall–Kier alpha value is -4.21. The van der Waals surface area contributed by atoms with E-state index in [9.17, 15) is 13.2 Å². The quantitative estimate of drug-likeness (QED) is 0.341. The van der Waals surface area contributed by atoms with Gasteiger partial charge >= 0.3 is 6.03 Å². The smallest absolute Gasteiger partial charge is 0.319 e. The normalized spacial score (nSPS) is 11.0. The Balaban J connectivity index is 1.35. The molecule has 4 N–H and O–H groups in total. The number of rotatable bonds is 8. The predicted octanol–water partition coefficient (Wildman–Crippen LogP) is 4.30. The minimum Gasteiger partial charge on any atom is -0.488 e. The number of aromatic nitrogens is 1. The molecule has 0 aliphatic heterocycles. The average molecular weight is 489 g/mol. The molecular formula is C26H24N4O4S. The third-order valence-corrected chi connectivity index (χ3v) is 6.09. The standard InChI is InChI=1S/C26H24N4O4S/c27-35(32,33)23-13-9-21(10-14-23)24-5-1-2-6-25(24)34-18-19-7-11-22(12-8-19)30-26(31)29-17-20-4-3-15-28-16-20/h1-16H,17-18H2,(H2,27,32,33)(H2,29,30,31). The fourth-order valence-electron chi connectivity index (χ4n) is 3.36. The molecule has 0 bridgehead atoms. The molecule has 0 unspecified atom stereocenters. The molecule has 0 saturated carbocycles. The second-order valence-corrected chi connectivity index (χ2v) is 9.28. The second-order valence-electron chi connectivity index (χ2n) is 7.72. The number of ether oxygens (including phenoxy) is 1. The first kappa shape index (κ1) is 23.9. The Bertz CT molecular complexity index is 1390. The first-order chi connectivity index (χ1) is 16.9. The van der Waals surface area contributed by atoms with Crippen LogP contribution in [0.2, 0.25) is 0 Å². The highest BCUT2D eigenvalue weighted by Gasteiger charge is 2.10. The number of nitrogens with zero attached hydrogens (tertiary/aromatic N) is 1. The third kappa shape index (κ3) is 6.66. The Morgan fingerprint density at radius 2 is 1.63 bits per heavy atom. The Labute approximate surface area is 203 Å². The van der Waals surface area contributed by atoms with Crippen LogP contribution in [0.4, 0.5) is 10.5 Å². The maximum absolute atomic E-state index is 12.1. The molecule has 178 valence electrons. The van der Waals surface area contributed by atoms with Crippen molar-refractivity contribution >= 4 is 21.7 Å². The predicted molar refractivity (Wildman–Crippen MR) is 134 cm³/mol. The molecule has 0 spiro atoms. The van der Waals surface area contributed by atoms with E-state index in [4.69, 9.17) is 9.88 Å². The van der Waals surface area contributed by atoms with Gasteiger partial charge in [-0.15, -0.1) is 0 Å². The summed E-state index contributed by atoms with van der Waals surface area (Å²) in [7, 11) is -3.75. The number of nitrogens with two attached hydrogens (primary N) is 1. The molecule has 0 fully saturated rings. The summed E-state index contributed by atoms with van der Waals surface area (Å²) in [6, 6.07) is 24.6. The van der Waals surface area contributed by atoms with Crippen LogP contribution >= 0.6 is 0 Å². The summed E-state index contributed by atoms with van der Waals surface area (Å²) in [5.41, 5.74) is 4.14. The SMILES string of the molecule is NS(=O)(=O)c1ccc(-c2ccccc2OCc2ccc(NC(=O)NCc3cccnc3)cc2)cc1. The number of hydrogen-bond acceptors (Lipinski definition) is 5. The monoisotopic (exact) mass is 488 g/mol. The van der Waals surface area contributed by atoms with Gasteiger partial charge in [0, 0.05) is 30.2 Å². The number of para-hydroxylation sites is 1. The topological polar surface area (TPSA) is 123 Å². The first-order valence-electron chi connectivity index (χ1n) is 10.8. The number of pyridine rings is 1. The summed E-state index contributed by atoms with van der Waals surface area (Å²) in [6.45, 7) is 0.704. The van der Waals surface area contributed by atoms with Crippen molar-refractivity contribution in [1.82, 2.24) is 10.3 Å². The number of carbonyl (C=O) groups is 1. The van der Waals surface area contributed by atoms with Crippen LogP contribution in [-0.4, -0.2) is 19.4 Å². The Morgan fingerprint density at radius 3 is 2.31 bits per heavy atom. The van der Waals surface area contributed by atoms with Gasteiger partial charge in [0.15, 0.2) is 0 Å². The van der Waals surface area contributed by atoms with Gasteiger partial charge in [-0.3, -0.25) is 4.98 Å². The zero-order valence-corrected chi connectivity index (χ0v) is 19.5. The van der Waals surface area contributed by atoms with E-state index in [-0.39, 0.29) is 10.9 Å². The molecule has 8 nitrogen and oxygen atoms in total. The van der Waals surface area contributed by atoms with Gasteiger partial charge in [-0.25, -0.2) is 18.4 Å². The molecular weight excluding hydrogens is 464 g/mol. The highest BCUT2D eigenvalue weighted by Crippen LogP contribution is 2.31. The minimum absolute atomic E-state index is 0.0547. The van der Waals surface area contributed by atoms with Crippen molar-refractivity contribution in [1.29, 1.82) is 0 Å². The number of nitrogens with one attached hydrogen (secondary N) is 2. The summed E-state index contributed by atoms with van der Waals surface area (Å²) in [4.78, 5) is 16.2. The van der Waals surface area contributed by atoms with Crippen LogP contribution in [0.25, 0.3) is 11.1 Å². The van der Waals surface area contributed by atoms with E-state index in [1.54, 1.807) is 36.7 Å². The highest BCUT2D eigenvalue weighted by atomic mass is 32.2. The number of sulfonamides is 1. The molecule has 0 aliphatic rings. The van der Waals surface area contributed by atoms with E-state index < -0.39 is 10.0 Å². The number of amides is 2. The summed E-state index contributed by atoms with van der Waals surface area (Å²) in [5.74, 6) is 0.660. The van der Waals surface area contributed by atoms with Crippen LogP contribution in [0.5, 0.6) is 5.75 Å². The van der Waals surface area contributed by atoms with Gasteiger partial charge < -0.3 is 15.4 Å². The lowest BCUT2D eigenvalue weighted by Gasteiger charge is -2.13. The lowest BCUT2D eigenvalue weighted by Crippen LogP contribution is -2.28. The largest absolute Gasteiger partial charge is 0.488 e. The molecule has 0 radical (unpaired) electrons. The average Bonchev–Trinajstić information content (AvgIpc) is 2.87. The number of primary sulfonamides is 1. The second kappa shape index (κ2) is 10.8. The van der Waals surface area contributed by atoms with Crippen molar-refractivity contribution in [3.8, 4) is 16.9 Å². The zero-order chi connectivity index (χ0) is 24.7. The van der Waals surface area contributed by atoms with Gasteiger partial charge in [0.25, 0.3) is 0 Å². The lowest BCUT2D eigenvalue weighted by atomic mass is 10.0. The number of anilines is 1. The molecule has 0 saturated heterocycles. The first-order valence-corrected chi connectivity index (χ1v) is 12.3. The fraction of sp³-hybridized carbons (Fsp3) is 0.0769. The van der Waals surface area contributed by atoms with Crippen LogP contribution in [0.15, 0.2) is 102 Å². The third-order valence-electron chi connectivity index (χ3n) is 5.16. The van der Waals surface area contributed by atoms with Gasteiger partial charge in [0.2, 0.25) is 10.0 Å². The van der Waals surface area contributed by atoms with Crippen molar-refractivity contribution in [2.45, 2.75) is 18.0 Å². The number of carbonyl (C=O) groups excluding carboxylic acids is 1. The number of benzene rings is 3. The molecule has 1 aromatic heterocycles. The fourth-order valence-corrected chi connectivity index (χ4v) is 3.88. The molecule has 4 rings (SSSR count). The minimum atomic E-state index is -3.75. The molecule has 9 heteroatoms. The van der Waals surface area contributed by atoms with E-state index >= 15 is 0 Å². The molecule has 4 aromatic rings. The highest BCUT2D eigenvalue weighted by molar-refractivity contribution is 7.89. The zero-order valence-electron chi connectivity index (χ0n) is 18.7. The van der Waals surface area contributed by atoms with Gasteiger partial charge in [-0.1, -0.05) is 48.5 Å². The van der Waals surface area contributed by atoms with Crippen molar-refractivity contribution in [3.63, 3.8) is 0 Å². The van der Waals surface area contributed by atoms with Gasteiger partial charge in [-0.05, 0) is 53.1 Å². The molecule has 2 amide bonds. The van der Waals surface area contributed by atoms with E-state index in [0.29, 0.717) is 24.6 Å². The van der Waals surface area contributed by atoms with Crippen molar-refractivity contribution in [2.75, 3.05) is 5.32 Å². The number of hydrogen-bond donors (Lipinski definition) is 3. The summed E-state index contributed by atoms with van der Waals surface area (Å²) in [6.07, 6.45) is 3.38. The molecule has 3 aromatic carbocycles. The van der Waals surface area contributed by atoms with E-state index in [1.807, 2.05) is 48.5 Å². The molecule has 0 aliphatic carbocycles.